The highest BCUT2D eigenvalue weighted by molar-refractivity contribution is 5.79. The fourth-order valence-corrected chi connectivity index (χ4v) is 2.84. The van der Waals surface area contributed by atoms with Crippen LogP contribution in [-0.4, -0.2) is 33.6 Å². The summed E-state index contributed by atoms with van der Waals surface area (Å²) in [6.07, 6.45) is 4.26. The monoisotopic (exact) mass is 263 g/mol. The van der Waals surface area contributed by atoms with Gasteiger partial charge in [-0.25, -0.2) is 14.8 Å². The average Bonchev–Trinajstić information content (AvgIpc) is 2.37. The Labute approximate surface area is 113 Å². The Morgan fingerprint density at radius 1 is 1.53 bits per heavy atom. The second kappa shape index (κ2) is 5.15. The SMILES string of the molecule is CCc1cc(N2CCCC(C)(C)C2C(=O)O)ncn1. The van der Waals surface area contributed by atoms with Gasteiger partial charge in [-0.1, -0.05) is 20.8 Å². The van der Waals surface area contributed by atoms with Crippen LogP contribution < -0.4 is 4.90 Å². The van der Waals surface area contributed by atoms with Crippen molar-refractivity contribution < 1.29 is 9.90 Å². The van der Waals surface area contributed by atoms with Gasteiger partial charge in [0.15, 0.2) is 0 Å². The Kier molecular flexibility index (Phi) is 3.73. The molecule has 1 aliphatic heterocycles. The summed E-state index contributed by atoms with van der Waals surface area (Å²) >= 11 is 0. The molecule has 1 atom stereocenters. The number of rotatable bonds is 3. The summed E-state index contributed by atoms with van der Waals surface area (Å²) in [5.74, 6) is -0.0478. The van der Waals surface area contributed by atoms with Crippen molar-refractivity contribution in [2.45, 2.75) is 46.1 Å². The molecule has 0 bridgehead atoms. The van der Waals surface area contributed by atoms with Crippen LogP contribution >= 0.6 is 0 Å². The Hall–Kier alpha value is -1.65. The minimum absolute atomic E-state index is 0.249. The number of aromatic nitrogens is 2. The molecule has 19 heavy (non-hydrogen) atoms. The topological polar surface area (TPSA) is 66.3 Å². The molecular weight excluding hydrogens is 242 g/mol. The predicted octanol–water partition coefficient (Wildman–Crippen LogP) is 2.12. The molecule has 1 aromatic heterocycles. The second-order valence-electron chi connectivity index (χ2n) is 5.75. The summed E-state index contributed by atoms with van der Waals surface area (Å²) < 4.78 is 0. The molecule has 1 saturated heterocycles. The van der Waals surface area contributed by atoms with Crippen molar-refractivity contribution in [1.29, 1.82) is 0 Å². The lowest BCUT2D eigenvalue weighted by Crippen LogP contribution is -2.54. The molecule has 104 valence electrons. The fourth-order valence-electron chi connectivity index (χ4n) is 2.84. The molecule has 5 nitrogen and oxygen atoms in total. The fraction of sp³-hybridized carbons (Fsp3) is 0.643. The van der Waals surface area contributed by atoms with Crippen molar-refractivity contribution in [2.24, 2.45) is 5.41 Å². The van der Waals surface area contributed by atoms with Crippen molar-refractivity contribution in [3.8, 4) is 0 Å². The van der Waals surface area contributed by atoms with Gasteiger partial charge in [0.05, 0.1) is 0 Å². The first-order valence-electron chi connectivity index (χ1n) is 6.76. The molecule has 2 heterocycles. The average molecular weight is 263 g/mol. The van der Waals surface area contributed by atoms with Gasteiger partial charge in [0.2, 0.25) is 0 Å². The number of hydrogen-bond acceptors (Lipinski definition) is 4. The number of piperidine rings is 1. The van der Waals surface area contributed by atoms with E-state index in [0.29, 0.717) is 0 Å². The van der Waals surface area contributed by atoms with Crippen LogP contribution in [-0.2, 0) is 11.2 Å². The highest BCUT2D eigenvalue weighted by atomic mass is 16.4. The van der Waals surface area contributed by atoms with E-state index in [0.717, 1.165) is 37.3 Å². The van der Waals surface area contributed by atoms with Gasteiger partial charge in [-0.05, 0) is 24.7 Å². The lowest BCUT2D eigenvalue weighted by atomic mass is 9.76. The molecule has 2 rings (SSSR count). The van der Waals surface area contributed by atoms with Crippen molar-refractivity contribution in [1.82, 2.24) is 9.97 Å². The number of aryl methyl sites for hydroxylation is 1. The molecule has 0 saturated carbocycles. The number of carboxylic acid groups (broad SMARTS) is 1. The van der Waals surface area contributed by atoms with Gasteiger partial charge in [0, 0.05) is 18.3 Å². The highest BCUT2D eigenvalue weighted by Crippen LogP contribution is 2.37. The lowest BCUT2D eigenvalue weighted by Gasteiger charge is -2.44. The van der Waals surface area contributed by atoms with Gasteiger partial charge in [-0.3, -0.25) is 0 Å². The zero-order valence-electron chi connectivity index (χ0n) is 11.8. The molecule has 0 spiro atoms. The maximum atomic E-state index is 11.6. The van der Waals surface area contributed by atoms with Gasteiger partial charge in [-0.15, -0.1) is 0 Å². The van der Waals surface area contributed by atoms with E-state index >= 15 is 0 Å². The minimum atomic E-state index is -0.777. The summed E-state index contributed by atoms with van der Waals surface area (Å²) in [7, 11) is 0. The summed E-state index contributed by atoms with van der Waals surface area (Å²) in [6, 6.07) is 1.37. The third kappa shape index (κ3) is 2.69. The van der Waals surface area contributed by atoms with E-state index in [9.17, 15) is 9.90 Å². The second-order valence-corrected chi connectivity index (χ2v) is 5.75. The third-order valence-corrected chi connectivity index (χ3v) is 3.87. The summed E-state index contributed by atoms with van der Waals surface area (Å²) in [5.41, 5.74) is 0.694. The molecule has 0 aliphatic carbocycles. The predicted molar refractivity (Wildman–Crippen MR) is 73.2 cm³/mol. The van der Waals surface area contributed by atoms with Gasteiger partial charge < -0.3 is 10.0 Å². The zero-order chi connectivity index (χ0) is 14.0. The summed E-state index contributed by atoms with van der Waals surface area (Å²) in [5, 5.41) is 9.55. The molecule has 1 N–H and O–H groups in total. The van der Waals surface area contributed by atoms with Crippen LogP contribution in [0.2, 0.25) is 0 Å². The van der Waals surface area contributed by atoms with Crippen molar-refractivity contribution >= 4 is 11.8 Å². The van der Waals surface area contributed by atoms with E-state index in [1.807, 2.05) is 31.7 Å². The van der Waals surface area contributed by atoms with E-state index in [1.165, 1.54) is 6.33 Å². The molecule has 0 radical (unpaired) electrons. The number of carboxylic acids is 1. The largest absolute Gasteiger partial charge is 0.480 e. The number of aliphatic carboxylic acids is 1. The van der Waals surface area contributed by atoms with Crippen LogP contribution in [0.3, 0.4) is 0 Å². The first-order chi connectivity index (χ1) is 8.95. The lowest BCUT2D eigenvalue weighted by molar-refractivity contribution is -0.142. The van der Waals surface area contributed by atoms with E-state index in [1.54, 1.807) is 0 Å². The standard InChI is InChI=1S/C14H21N3O2/c1-4-10-8-11(16-9-15-10)17-7-5-6-14(2,3)12(17)13(18)19/h8-9,12H,4-7H2,1-3H3,(H,18,19). The van der Waals surface area contributed by atoms with Gasteiger partial charge in [0.1, 0.15) is 18.2 Å². The normalized spacial score (nSPS) is 22.3. The van der Waals surface area contributed by atoms with Crippen LogP contribution in [0.15, 0.2) is 12.4 Å². The van der Waals surface area contributed by atoms with Gasteiger partial charge in [-0.2, -0.15) is 0 Å². The molecule has 1 aliphatic rings. The number of hydrogen-bond donors (Lipinski definition) is 1. The maximum Gasteiger partial charge on any atom is 0.326 e. The number of nitrogens with zero attached hydrogens (tertiary/aromatic N) is 3. The molecule has 5 heteroatoms. The van der Waals surface area contributed by atoms with Crippen molar-refractivity contribution in [2.75, 3.05) is 11.4 Å². The van der Waals surface area contributed by atoms with E-state index in [4.69, 9.17) is 0 Å². The summed E-state index contributed by atoms with van der Waals surface area (Å²) in [4.78, 5) is 22.0. The van der Waals surface area contributed by atoms with E-state index in [2.05, 4.69) is 9.97 Å². The van der Waals surface area contributed by atoms with E-state index in [-0.39, 0.29) is 5.41 Å². The zero-order valence-corrected chi connectivity index (χ0v) is 11.8. The summed E-state index contributed by atoms with van der Waals surface area (Å²) in [6.45, 7) is 6.79. The van der Waals surface area contributed by atoms with Crippen LogP contribution in [0, 0.1) is 5.41 Å². The first kappa shape index (κ1) is 13.8. The third-order valence-electron chi connectivity index (χ3n) is 3.87. The van der Waals surface area contributed by atoms with Crippen LogP contribution in [0.5, 0.6) is 0 Å². The number of anilines is 1. The maximum absolute atomic E-state index is 11.6. The highest BCUT2D eigenvalue weighted by Gasteiger charge is 2.43. The van der Waals surface area contributed by atoms with Crippen LogP contribution in [0.1, 0.15) is 39.3 Å². The Balaban J connectivity index is 2.37. The molecule has 0 amide bonds. The van der Waals surface area contributed by atoms with E-state index < -0.39 is 12.0 Å². The molecule has 1 fully saturated rings. The Morgan fingerprint density at radius 2 is 2.26 bits per heavy atom. The Bertz CT molecular complexity index is 474. The quantitative estimate of drug-likeness (QED) is 0.904. The van der Waals surface area contributed by atoms with Crippen LogP contribution in [0.4, 0.5) is 5.82 Å². The smallest absolute Gasteiger partial charge is 0.326 e. The first-order valence-corrected chi connectivity index (χ1v) is 6.76. The van der Waals surface area contributed by atoms with Crippen molar-refractivity contribution in [3.05, 3.63) is 18.1 Å². The molecule has 1 unspecified atom stereocenters. The van der Waals surface area contributed by atoms with Crippen LogP contribution in [0.25, 0.3) is 0 Å². The molecule has 1 aromatic rings. The molecular formula is C14H21N3O2. The van der Waals surface area contributed by atoms with Gasteiger partial charge >= 0.3 is 5.97 Å². The van der Waals surface area contributed by atoms with Crippen molar-refractivity contribution in [3.63, 3.8) is 0 Å². The van der Waals surface area contributed by atoms with Gasteiger partial charge in [0.25, 0.3) is 0 Å². The minimum Gasteiger partial charge on any atom is -0.480 e. The molecule has 0 aromatic carbocycles. The Morgan fingerprint density at radius 3 is 2.89 bits per heavy atom. The number of carbonyl (C=O) groups is 1.